The van der Waals surface area contributed by atoms with Gasteiger partial charge in [-0.1, -0.05) is 6.92 Å². The summed E-state index contributed by atoms with van der Waals surface area (Å²) in [6.07, 6.45) is 3.89. The Morgan fingerprint density at radius 1 is 1.38 bits per heavy atom. The third-order valence-electron chi connectivity index (χ3n) is 2.92. The van der Waals surface area contributed by atoms with E-state index in [1.807, 2.05) is 13.1 Å². The molecular weight excluding hydrogens is 302 g/mol. The first-order valence-electron chi connectivity index (χ1n) is 7.00. The van der Waals surface area contributed by atoms with Gasteiger partial charge in [0.1, 0.15) is 5.01 Å². The van der Waals surface area contributed by atoms with Crippen molar-refractivity contribution in [3.8, 4) is 0 Å². The number of hydrogen-bond acceptors (Lipinski definition) is 5. The van der Waals surface area contributed by atoms with Crippen LogP contribution in [0.2, 0.25) is 0 Å². The van der Waals surface area contributed by atoms with E-state index in [1.165, 1.54) is 4.88 Å². The molecule has 7 heteroatoms. The zero-order chi connectivity index (χ0) is 15.1. The van der Waals surface area contributed by atoms with E-state index in [-0.39, 0.29) is 0 Å². The molecule has 2 N–H and O–H groups in total. The van der Waals surface area contributed by atoms with Crippen molar-refractivity contribution >= 4 is 28.6 Å². The highest BCUT2D eigenvalue weighted by Gasteiger charge is 2.03. The third-order valence-corrected chi connectivity index (χ3v) is 4.88. The Bertz CT molecular complexity index is 588. The molecule has 0 bridgehead atoms. The highest BCUT2D eigenvalue weighted by atomic mass is 32.1. The van der Waals surface area contributed by atoms with Gasteiger partial charge in [-0.2, -0.15) is 0 Å². The molecule has 114 valence electrons. The first kappa shape index (κ1) is 15.9. The van der Waals surface area contributed by atoms with E-state index in [4.69, 9.17) is 0 Å². The Labute approximate surface area is 133 Å². The lowest BCUT2D eigenvalue weighted by Gasteiger charge is -2.10. The van der Waals surface area contributed by atoms with E-state index in [1.54, 1.807) is 29.7 Å². The summed E-state index contributed by atoms with van der Waals surface area (Å²) in [5, 5.41) is 10.9. The number of aliphatic imine (C=N–C) groups is 1. The standard InChI is InChI=1S/C14H21N5S2/c1-4-12-7-17-13(21-12)8-18-14(15-3)16-6-5-11-9-20-10(2)19-11/h7,9H,4-6,8H2,1-3H3,(H2,15,16,18). The van der Waals surface area contributed by atoms with E-state index in [0.29, 0.717) is 6.54 Å². The molecule has 5 nitrogen and oxygen atoms in total. The average molecular weight is 323 g/mol. The maximum atomic E-state index is 4.45. The minimum Gasteiger partial charge on any atom is -0.356 e. The fourth-order valence-electron chi connectivity index (χ4n) is 1.81. The van der Waals surface area contributed by atoms with E-state index < -0.39 is 0 Å². The van der Waals surface area contributed by atoms with Crippen LogP contribution in [0.25, 0.3) is 0 Å². The van der Waals surface area contributed by atoms with Gasteiger partial charge in [-0.05, 0) is 13.3 Å². The fraction of sp³-hybridized carbons (Fsp3) is 0.500. The van der Waals surface area contributed by atoms with Gasteiger partial charge < -0.3 is 10.6 Å². The summed E-state index contributed by atoms with van der Waals surface area (Å²) in [6.45, 7) is 5.70. The molecule has 0 spiro atoms. The largest absolute Gasteiger partial charge is 0.356 e. The van der Waals surface area contributed by atoms with Crippen LogP contribution in [0.3, 0.4) is 0 Å². The van der Waals surface area contributed by atoms with Crippen LogP contribution in [-0.2, 0) is 19.4 Å². The number of aryl methyl sites for hydroxylation is 2. The second kappa shape index (κ2) is 8.09. The number of nitrogens with one attached hydrogen (secondary N) is 2. The molecule has 2 aromatic heterocycles. The molecule has 0 aliphatic rings. The van der Waals surface area contributed by atoms with E-state index >= 15 is 0 Å². The van der Waals surface area contributed by atoms with Crippen LogP contribution in [0.15, 0.2) is 16.6 Å². The lowest BCUT2D eigenvalue weighted by Crippen LogP contribution is -2.37. The van der Waals surface area contributed by atoms with Gasteiger partial charge in [0.25, 0.3) is 0 Å². The van der Waals surface area contributed by atoms with Gasteiger partial charge in [0.15, 0.2) is 5.96 Å². The van der Waals surface area contributed by atoms with Crippen molar-refractivity contribution in [3.05, 3.63) is 32.2 Å². The van der Waals surface area contributed by atoms with Crippen LogP contribution < -0.4 is 10.6 Å². The Morgan fingerprint density at radius 2 is 2.24 bits per heavy atom. The molecule has 0 saturated carbocycles. The van der Waals surface area contributed by atoms with Gasteiger partial charge in [0.2, 0.25) is 0 Å². The Hall–Kier alpha value is -1.47. The van der Waals surface area contributed by atoms with Gasteiger partial charge in [0, 0.05) is 36.5 Å². The molecule has 2 heterocycles. The van der Waals surface area contributed by atoms with Gasteiger partial charge in [0.05, 0.1) is 17.2 Å². The number of nitrogens with zero attached hydrogens (tertiary/aromatic N) is 3. The van der Waals surface area contributed by atoms with Crippen LogP contribution in [0.5, 0.6) is 0 Å². The smallest absolute Gasteiger partial charge is 0.191 e. The molecule has 0 amide bonds. The molecule has 21 heavy (non-hydrogen) atoms. The summed E-state index contributed by atoms with van der Waals surface area (Å²) in [5.41, 5.74) is 1.13. The number of aromatic nitrogens is 2. The summed E-state index contributed by atoms with van der Waals surface area (Å²) < 4.78 is 0. The van der Waals surface area contributed by atoms with Crippen molar-refractivity contribution in [1.82, 2.24) is 20.6 Å². The third kappa shape index (κ3) is 5.09. The number of rotatable bonds is 6. The van der Waals surface area contributed by atoms with Crippen LogP contribution in [0.4, 0.5) is 0 Å². The van der Waals surface area contributed by atoms with Crippen molar-refractivity contribution < 1.29 is 0 Å². The zero-order valence-electron chi connectivity index (χ0n) is 12.6. The maximum Gasteiger partial charge on any atom is 0.191 e. The van der Waals surface area contributed by atoms with Crippen molar-refractivity contribution in [2.75, 3.05) is 13.6 Å². The molecule has 0 atom stereocenters. The van der Waals surface area contributed by atoms with E-state index in [0.717, 1.165) is 41.1 Å². The monoisotopic (exact) mass is 323 g/mol. The lowest BCUT2D eigenvalue weighted by atomic mass is 10.3. The highest BCUT2D eigenvalue weighted by Crippen LogP contribution is 2.12. The topological polar surface area (TPSA) is 62.2 Å². The molecule has 0 aliphatic heterocycles. The molecule has 0 unspecified atom stereocenters. The lowest BCUT2D eigenvalue weighted by molar-refractivity contribution is 0.783. The molecule has 0 aliphatic carbocycles. The van der Waals surface area contributed by atoms with E-state index in [9.17, 15) is 0 Å². The summed E-state index contributed by atoms with van der Waals surface area (Å²) in [5.74, 6) is 0.801. The van der Waals surface area contributed by atoms with Gasteiger partial charge >= 0.3 is 0 Å². The number of thiazole rings is 2. The van der Waals surface area contributed by atoms with Gasteiger partial charge in [-0.3, -0.25) is 4.99 Å². The van der Waals surface area contributed by atoms with Crippen molar-refractivity contribution in [2.24, 2.45) is 4.99 Å². The Balaban J connectivity index is 1.73. The predicted octanol–water partition coefficient (Wildman–Crippen LogP) is 2.38. The molecule has 0 saturated heterocycles. The van der Waals surface area contributed by atoms with Crippen molar-refractivity contribution in [1.29, 1.82) is 0 Å². The van der Waals surface area contributed by atoms with Crippen molar-refractivity contribution in [3.63, 3.8) is 0 Å². The minimum absolute atomic E-state index is 0.708. The van der Waals surface area contributed by atoms with Crippen LogP contribution in [-0.4, -0.2) is 29.5 Å². The molecule has 0 radical (unpaired) electrons. The normalized spacial score (nSPS) is 11.7. The second-order valence-electron chi connectivity index (χ2n) is 4.53. The Kier molecular flexibility index (Phi) is 6.13. The SMILES string of the molecule is CCc1cnc(CNC(=NC)NCCc2csc(C)n2)s1. The fourth-order valence-corrected chi connectivity index (χ4v) is 3.25. The minimum atomic E-state index is 0.708. The molecular formula is C14H21N5S2. The van der Waals surface area contributed by atoms with Gasteiger partial charge in [-0.15, -0.1) is 22.7 Å². The molecule has 0 fully saturated rings. The summed E-state index contributed by atoms with van der Waals surface area (Å²) in [6, 6.07) is 0. The number of hydrogen-bond donors (Lipinski definition) is 2. The quantitative estimate of drug-likeness (QED) is 0.633. The molecule has 2 aromatic rings. The Morgan fingerprint density at radius 3 is 2.86 bits per heavy atom. The summed E-state index contributed by atoms with van der Waals surface area (Å²) >= 11 is 3.43. The van der Waals surface area contributed by atoms with Crippen LogP contribution in [0, 0.1) is 6.92 Å². The zero-order valence-corrected chi connectivity index (χ0v) is 14.3. The van der Waals surface area contributed by atoms with Gasteiger partial charge in [-0.25, -0.2) is 9.97 Å². The average Bonchev–Trinajstić information content (AvgIpc) is 3.11. The van der Waals surface area contributed by atoms with Crippen molar-refractivity contribution in [2.45, 2.75) is 33.2 Å². The first-order valence-corrected chi connectivity index (χ1v) is 8.70. The predicted molar refractivity (Wildman–Crippen MR) is 90.2 cm³/mol. The second-order valence-corrected chi connectivity index (χ2v) is 6.80. The first-order chi connectivity index (χ1) is 10.2. The maximum absolute atomic E-state index is 4.45. The molecule has 2 rings (SSSR count). The summed E-state index contributed by atoms with van der Waals surface area (Å²) in [4.78, 5) is 14.4. The summed E-state index contributed by atoms with van der Waals surface area (Å²) in [7, 11) is 1.78. The van der Waals surface area contributed by atoms with E-state index in [2.05, 4.69) is 37.9 Å². The molecule has 0 aromatic carbocycles. The number of guanidine groups is 1. The van der Waals surface area contributed by atoms with Crippen LogP contribution in [0.1, 0.15) is 27.5 Å². The van der Waals surface area contributed by atoms with Crippen LogP contribution >= 0.6 is 22.7 Å². The highest BCUT2D eigenvalue weighted by molar-refractivity contribution is 7.11.